The molecule has 1 fully saturated rings. The zero-order chi connectivity index (χ0) is 16.0. The number of nitrogens with zero attached hydrogens (tertiary/aromatic N) is 1. The van der Waals surface area contributed by atoms with Gasteiger partial charge in [-0.15, -0.1) is 0 Å². The number of hydrogen-bond acceptors (Lipinski definition) is 3. The Morgan fingerprint density at radius 3 is 2.38 bits per heavy atom. The van der Waals surface area contributed by atoms with Crippen molar-refractivity contribution in [3.63, 3.8) is 0 Å². The molecule has 2 amide bonds. The molecule has 21 heavy (non-hydrogen) atoms. The quantitative estimate of drug-likeness (QED) is 0.849. The minimum Gasteiger partial charge on any atom is -0.453 e. The minimum atomic E-state index is -0.546. The van der Waals surface area contributed by atoms with E-state index in [1.54, 1.807) is 0 Å². The van der Waals surface area contributed by atoms with Crippen molar-refractivity contribution >= 4 is 12.0 Å². The molecule has 0 aromatic heterocycles. The zero-order valence-corrected chi connectivity index (χ0v) is 14.0. The Balaban J connectivity index is 2.85. The lowest BCUT2D eigenvalue weighted by molar-refractivity contribution is -0.138. The molecule has 0 saturated heterocycles. The van der Waals surface area contributed by atoms with Gasteiger partial charge < -0.3 is 15.0 Å². The lowest BCUT2D eigenvalue weighted by Crippen LogP contribution is -2.55. The van der Waals surface area contributed by atoms with E-state index in [1.165, 1.54) is 26.4 Å². The summed E-state index contributed by atoms with van der Waals surface area (Å²) in [4.78, 5) is 26.3. The van der Waals surface area contributed by atoms with E-state index < -0.39 is 12.1 Å². The predicted octanol–water partition coefficient (Wildman–Crippen LogP) is 2.79. The topological polar surface area (TPSA) is 58.6 Å². The van der Waals surface area contributed by atoms with Gasteiger partial charge >= 0.3 is 6.09 Å². The molecular formula is C16H30N2O3. The second-order valence-electron chi connectivity index (χ2n) is 6.31. The molecular weight excluding hydrogens is 268 g/mol. The molecule has 3 unspecified atom stereocenters. The van der Waals surface area contributed by atoms with Gasteiger partial charge in [0.1, 0.15) is 6.04 Å². The highest BCUT2D eigenvalue weighted by molar-refractivity contribution is 5.86. The first-order valence-electron chi connectivity index (χ1n) is 8.07. The average molecular weight is 298 g/mol. The molecule has 1 N–H and O–H groups in total. The first kappa shape index (κ1) is 17.8. The third-order valence-electron chi connectivity index (χ3n) is 4.48. The monoisotopic (exact) mass is 298 g/mol. The molecule has 5 heteroatoms. The van der Waals surface area contributed by atoms with Crippen LogP contribution >= 0.6 is 0 Å². The lowest BCUT2D eigenvalue weighted by Gasteiger charge is -2.40. The van der Waals surface area contributed by atoms with Gasteiger partial charge in [-0.05, 0) is 31.6 Å². The second kappa shape index (κ2) is 8.25. The molecule has 0 heterocycles. The van der Waals surface area contributed by atoms with Crippen molar-refractivity contribution in [1.82, 2.24) is 10.2 Å². The van der Waals surface area contributed by atoms with Crippen molar-refractivity contribution in [3.05, 3.63) is 0 Å². The van der Waals surface area contributed by atoms with E-state index in [4.69, 9.17) is 0 Å². The van der Waals surface area contributed by atoms with E-state index in [0.29, 0.717) is 12.5 Å². The highest BCUT2D eigenvalue weighted by Crippen LogP contribution is 2.28. The Bertz CT molecular complexity index is 357. The molecule has 1 rings (SSSR count). The number of carbonyl (C=O) groups is 2. The largest absolute Gasteiger partial charge is 0.453 e. The summed E-state index contributed by atoms with van der Waals surface area (Å²) >= 11 is 0. The summed E-state index contributed by atoms with van der Waals surface area (Å²) in [7, 11) is 1.32. The van der Waals surface area contributed by atoms with Gasteiger partial charge in [0.25, 0.3) is 0 Å². The molecule has 5 nitrogen and oxygen atoms in total. The third-order valence-corrected chi connectivity index (χ3v) is 4.48. The van der Waals surface area contributed by atoms with Gasteiger partial charge in [0.15, 0.2) is 0 Å². The van der Waals surface area contributed by atoms with E-state index in [2.05, 4.69) is 17.0 Å². The summed E-state index contributed by atoms with van der Waals surface area (Å²) in [6.45, 7) is 8.79. The molecule has 1 aliphatic rings. The number of amides is 2. The van der Waals surface area contributed by atoms with Crippen LogP contribution in [-0.2, 0) is 9.53 Å². The van der Waals surface area contributed by atoms with Gasteiger partial charge in [0, 0.05) is 12.6 Å². The van der Waals surface area contributed by atoms with E-state index >= 15 is 0 Å². The summed E-state index contributed by atoms with van der Waals surface area (Å²) in [6, 6.07) is -0.233. The fourth-order valence-electron chi connectivity index (χ4n) is 3.19. The van der Waals surface area contributed by atoms with Crippen LogP contribution in [0.2, 0.25) is 0 Å². The highest BCUT2D eigenvalue weighted by atomic mass is 16.5. The van der Waals surface area contributed by atoms with Crippen LogP contribution in [0.25, 0.3) is 0 Å². The van der Waals surface area contributed by atoms with Gasteiger partial charge in [-0.3, -0.25) is 4.79 Å². The molecule has 122 valence electrons. The smallest absolute Gasteiger partial charge is 0.407 e. The van der Waals surface area contributed by atoms with E-state index in [0.717, 1.165) is 6.42 Å². The third kappa shape index (κ3) is 4.61. The van der Waals surface area contributed by atoms with Crippen LogP contribution in [0.4, 0.5) is 4.79 Å². The van der Waals surface area contributed by atoms with Gasteiger partial charge in [-0.1, -0.05) is 33.6 Å². The second-order valence-corrected chi connectivity index (χ2v) is 6.31. The summed E-state index contributed by atoms with van der Waals surface area (Å²) < 4.78 is 4.64. The number of hydrogen-bond donors (Lipinski definition) is 1. The Kier molecular flexibility index (Phi) is 6.99. The summed E-state index contributed by atoms with van der Waals surface area (Å²) in [5.74, 6) is 0.565. The van der Waals surface area contributed by atoms with Crippen LogP contribution in [0.5, 0.6) is 0 Å². The van der Waals surface area contributed by atoms with Crippen LogP contribution in [0.1, 0.15) is 53.4 Å². The zero-order valence-electron chi connectivity index (χ0n) is 14.0. The normalized spacial score (nSPS) is 23.5. The Morgan fingerprint density at radius 1 is 1.29 bits per heavy atom. The maximum absolute atomic E-state index is 12.9. The highest BCUT2D eigenvalue weighted by Gasteiger charge is 2.35. The van der Waals surface area contributed by atoms with Crippen molar-refractivity contribution in [2.75, 3.05) is 13.7 Å². The van der Waals surface area contributed by atoms with Gasteiger partial charge in [-0.2, -0.15) is 0 Å². The molecule has 1 aliphatic carbocycles. The van der Waals surface area contributed by atoms with Crippen LogP contribution in [0.15, 0.2) is 0 Å². The first-order chi connectivity index (χ1) is 9.92. The Hall–Kier alpha value is -1.26. The van der Waals surface area contributed by atoms with Crippen LogP contribution in [0, 0.1) is 11.8 Å². The molecule has 3 atom stereocenters. The Labute approximate surface area is 128 Å². The predicted molar refractivity (Wildman–Crippen MR) is 83.0 cm³/mol. The molecule has 0 bridgehead atoms. The first-order valence-corrected chi connectivity index (χ1v) is 8.07. The van der Waals surface area contributed by atoms with Crippen LogP contribution < -0.4 is 5.32 Å². The van der Waals surface area contributed by atoms with E-state index in [1.807, 2.05) is 25.7 Å². The van der Waals surface area contributed by atoms with Crippen molar-refractivity contribution in [2.45, 2.75) is 65.5 Å². The number of carbonyl (C=O) groups excluding carboxylic acids is 2. The van der Waals surface area contributed by atoms with Gasteiger partial charge in [0.05, 0.1) is 7.11 Å². The number of nitrogens with one attached hydrogen (secondary N) is 1. The van der Waals surface area contributed by atoms with Crippen LogP contribution in [-0.4, -0.2) is 42.6 Å². The summed E-state index contributed by atoms with van der Waals surface area (Å²) in [5.41, 5.74) is 0. The van der Waals surface area contributed by atoms with Gasteiger partial charge in [-0.25, -0.2) is 4.79 Å². The number of ether oxygens (including phenoxy) is 1. The molecule has 0 aliphatic heterocycles. The van der Waals surface area contributed by atoms with Gasteiger partial charge in [0.2, 0.25) is 5.91 Å². The van der Waals surface area contributed by atoms with E-state index in [9.17, 15) is 9.59 Å². The lowest BCUT2D eigenvalue weighted by atomic mass is 9.84. The minimum absolute atomic E-state index is 0.0108. The fraction of sp³-hybridized carbons (Fsp3) is 0.875. The van der Waals surface area contributed by atoms with Crippen LogP contribution in [0.3, 0.4) is 0 Å². The fourth-order valence-corrected chi connectivity index (χ4v) is 3.19. The van der Waals surface area contributed by atoms with E-state index in [-0.39, 0.29) is 17.9 Å². The number of likely N-dealkylation sites (N-methyl/N-ethyl adjacent to an activating group) is 1. The SMILES string of the molecule is CCN(C(=O)C(NC(=O)OC)C(C)C)C1CCCCC1C. The summed E-state index contributed by atoms with van der Waals surface area (Å²) in [6.07, 6.45) is 4.11. The van der Waals surface area contributed by atoms with Crippen molar-refractivity contribution in [3.8, 4) is 0 Å². The number of rotatable bonds is 5. The standard InChI is InChI=1S/C16H30N2O3/c1-6-18(13-10-8-7-9-12(13)4)15(19)14(11(2)3)17-16(20)21-5/h11-14H,6-10H2,1-5H3,(H,17,20). The molecule has 0 aromatic rings. The number of alkyl carbamates (subject to hydrolysis) is 1. The molecule has 1 saturated carbocycles. The maximum atomic E-state index is 12.9. The average Bonchev–Trinajstić information content (AvgIpc) is 2.46. The molecule has 0 radical (unpaired) electrons. The molecule has 0 spiro atoms. The molecule has 0 aromatic carbocycles. The maximum Gasteiger partial charge on any atom is 0.407 e. The van der Waals surface area contributed by atoms with Crippen molar-refractivity contribution in [2.24, 2.45) is 11.8 Å². The van der Waals surface area contributed by atoms with Crippen molar-refractivity contribution < 1.29 is 14.3 Å². The van der Waals surface area contributed by atoms with Crippen molar-refractivity contribution in [1.29, 1.82) is 0 Å². The number of methoxy groups -OCH3 is 1. The Morgan fingerprint density at radius 2 is 1.90 bits per heavy atom. The summed E-state index contributed by atoms with van der Waals surface area (Å²) in [5, 5.41) is 2.68.